The van der Waals surface area contributed by atoms with E-state index in [-0.39, 0.29) is 22.7 Å². The second kappa shape index (κ2) is 5.83. The van der Waals surface area contributed by atoms with Gasteiger partial charge >= 0.3 is 5.69 Å². The van der Waals surface area contributed by atoms with Crippen LogP contribution in [0.1, 0.15) is 19.4 Å². The minimum atomic E-state index is -3.10. The minimum Gasteiger partial charge on any atom is -0.351 e. The zero-order valence-corrected chi connectivity index (χ0v) is 14.9. The van der Waals surface area contributed by atoms with E-state index in [0.29, 0.717) is 6.42 Å². The lowest BCUT2D eigenvalue weighted by Gasteiger charge is -2.17. The number of carbonyl (C=O) groups excluding carboxylic acids is 1. The van der Waals surface area contributed by atoms with Crippen LogP contribution in [-0.4, -0.2) is 50.6 Å². The summed E-state index contributed by atoms with van der Waals surface area (Å²) in [6, 6.07) is -1.21. The van der Waals surface area contributed by atoms with Gasteiger partial charge in [-0.2, -0.15) is 0 Å². The molecule has 136 valence electrons. The van der Waals surface area contributed by atoms with E-state index in [1.165, 1.54) is 29.6 Å². The molecule has 3 rings (SSSR count). The van der Waals surface area contributed by atoms with Crippen LogP contribution < -0.4 is 16.6 Å². The SMILES string of the molecule is CC(C(=O)NC1CCS(=O)(=O)C1)n1cnc2c1c(=O)n(C)c(=O)n2C. The lowest BCUT2D eigenvalue weighted by atomic mass is 10.2. The van der Waals surface area contributed by atoms with Crippen molar-refractivity contribution in [3.05, 3.63) is 27.2 Å². The maximum atomic E-state index is 12.5. The third-order valence-electron chi connectivity index (χ3n) is 4.55. The molecule has 0 aliphatic carbocycles. The normalized spacial score (nSPS) is 20.7. The Morgan fingerprint density at radius 1 is 1.32 bits per heavy atom. The van der Waals surface area contributed by atoms with Crippen LogP contribution in [0.15, 0.2) is 15.9 Å². The van der Waals surface area contributed by atoms with Gasteiger partial charge in [-0.05, 0) is 13.3 Å². The largest absolute Gasteiger partial charge is 0.351 e. The lowest BCUT2D eigenvalue weighted by Crippen LogP contribution is -2.41. The molecule has 2 aromatic heterocycles. The molecule has 1 amide bonds. The summed E-state index contributed by atoms with van der Waals surface area (Å²) in [6.07, 6.45) is 1.71. The first-order valence-corrected chi connectivity index (χ1v) is 9.58. The monoisotopic (exact) mass is 369 g/mol. The predicted molar refractivity (Wildman–Crippen MR) is 90.1 cm³/mol. The Labute approximate surface area is 143 Å². The molecular formula is C14H19N5O5S. The third-order valence-corrected chi connectivity index (χ3v) is 6.32. The van der Waals surface area contributed by atoms with Gasteiger partial charge in [0.2, 0.25) is 5.91 Å². The highest BCUT2D eigenvalue weighted by Gasteiger charge is 2.31. The van der Waals surface area contributed by atoms with Crippen molar-refractivity contribution >= 4 is 26.9 Å². The van der Waals surface area contributed by atoms with Crippen LogP contribution in [-0.2, 0) is 28.7 Å². The standard InChI is InChI=1S/C14H19N5O5S/c1-8(12(20)16-9-4-5-25(23,24)6-9)19-7-15-11-10(19)13(21)18(3)14(22)17(11)2/h7-9H,4-6H2,1-3H3,(H,16,20). The van der Waals surface area contributed by atoms with Gasteiger partial charge in [0.05, 0.1) is 17.8 Å². The molecule has 0 saturated carbocycles. The Balaban J connectivity index is 1.95. The number of carbonyl (C=O) groups is 1. The number of hydrogen-bond donors (Lipinski definition) is 1. The van der Waals surface area contributed by atoms with Crippen molar-refractivity contribution in [1.29, 1.82) is 0 Å². The summed E-state index contributed by atoms with van der Waals surface area (Å²) in [7, 11) is -0.251. The fraction of sp³-hybridized carbons (Fsp3) is 0.571. The van der Waals surface area contributed by atoms with E-state index < -0.39 is 39.1 Å². The summed E-state index contributed by atoms with van der Waals surface area (Å²) in [4.78, 5) is 40.9. The number of imidazole rings is 1. The van der Waals surface area contributed by atoms with Gasteiger partial charge < -0.3 is 9.88 Å². The molecule has 1 N–H and O–H groups in total. The topological polar surface area (TPSA) is 125 Å². The first-order chi connectivity index (χ1) is 11.6. The van der Waals surface area contributed by atoms with Gasteiger partial charge in [0.15, 0.2) is 21.0 Å². The van der Waals surface area contributed by atoms with E-state index in [2.05, 4.69) is 10.3 Å². The van der Waals surface area contributed by atoms with Crippen LogP contribution in [0.4, 0.5) is 0 Å². The highest BCUT2D eigenvalue weighted by molar-refractivity contribution is 7.91. The summed E-state index contributed by atoms with van der Waals surface area (Å²) < 4.78 is 26.6. The number of sulfone groups is 1. The van der Waals surface area contributed by atoms with Crippen molar-refractivity contribution in [3.63, 3.8) is 0 Å². The molecule has 0 aromatic carbocycles. The van der Waals surface area contributed by atoms with E-state index >= 15 is 0 Å². The molecule has 2 atom stereocenters. The Kier molecular flexibility index (Phi) is 4.06. The fourth-order valence-corrected chi connectivity index (χ4v) is 4.69. The molecule has 2 unspecified atom stereocenters. The first kappa shape index (κ1) is 17.4. The van der Waals surface area contributed by atoms with Crippen molar-refractivity contribution in [2.75, 3.05) is 11.5 Å². The van der Waals surface area contributed by atoms with Gasteiger partial charge in [-0.1, -0.05) is 0 Å². The van der Waals surface area contributed by atoms with E-state index in [1.807, 2.05) is 0 Å². The predicted octanol–water partition coefficient (Wildman–Crippen LogP) is -1.70. The molecule has 1 saturated heterocycles. The molecule has 25 heavy (non-hydrogen) atoms. The number of aryl methyl sites for hydroxylation is 1. The van der Waals surface area contributed by atoms with Crippen LogP contribution in [0.2, 0.25) is 0 Å². The van der Waals surface area contributed by atoms with Crippen molar-refractivity contribution < 1.29 is 13.2 Å². The van der Waals surface area contributed by atoms with Gasteiger partial charge in [-0.25, -0.2) is 18.2 Å². The summed E-state index contributed by atoms with van der Waals surface area (Å²) >= 11 is 0. The fourth-order valence-electron chi connectivity index (χ4n) is 3.01. The van der Waals surface area contributed by atoms with Crippen LogP contribution >= 0.6 is 0 Å². The number of hydrogen-bond acceptors (Lipinski definition) is 6. The number of nitrogens with one attached hydrogen (secondary N) is 1. The van der Waals surface area contributed by atoms with Gasteiger partial charge in [0.25, 0.3) is 5.56 Å². The zero-order valence-electron chi connectivity index (χ0n) is 14.1. The van der Waals surface area contributed by atoms with E-state index in [9.17, 15) is 22.8 Å². The molecule has 0 spiro atoms. The van der Waals surface area contributed by atoms with Crippen molar-refractivity contribution in [1.82, 2.24) is 24.0 Å². The second-order valence-electron chi connectivity index (χ2n) is 6.31. The highest BCUT2D eigenvalue weighted by Crippen LogP contribution is 2.16. The number of amides is 1. The molecular weight excluding hydrogens is 350 g/mol. The average molecular weight is 369 g/mol. The first-order valence-electron chi connectivity index (χ1n) is 7.75. The van der Waals surface area contributed by atoms with Gasteiger partial charge in [-0.15, -0.1) is 0 Å². The molecule has 0 radical (unpaired) electrons. The van der Waals surface area contributed by atoms with E-state index in [0.717, 1.165) is 4.57 Å². The molecule has 0 bridgehead atoms. The second-order valence-corrected chi connectivity index (χ2v) is 8.54. The Bertz CT molecular complexity index is 1080. The maximum absolute atomic E-state index is 12.5. The average Bonchev–Trinajstić information content (AvgIpc) is 3.13. The number of fused-ring (bicyclic) bond motifs is 1. The number of rotatable bonds is 3. The number of nitrogens with zero attached hydrogens (tertiary/aromatic N) is 4. The lowest BCUT2D eigenvalue weighted by molar-refractivity contribution is -0.124. The van der Waals surface area contributed by atoms with Crippen molar-refractivity contribution in [2.24, 2.45) is 14.1 Å². The Hall–Kier alpha value is -2.43. The maximum Gasteiger partial charge on any atom is 0.332 e. The minimum absolute atomic E-state index is 0.0585. The molecule has 1 aliphatic heterocycles. The van der Waals surface area contributed by atoms with Crippen LogP contribution in [0.3, 0.4) is 0 Å². The summed E-state index contributed by atoms with van der Waals surface area (Å²) in [5, 5.41) is 2.70. The molecule has 3 heterocycles. The molecule has 10 nitrogen and oxygen atoms in total. The zero-order chi connectivity index (χ0) is 18.5. The van der Waals surface area contributed by atoms with Crippen LogP contribution in [0.25, 0.3) is 11.2 Å². The van der Waals surface area contributed by atoms with Gasteiger partial charge in [0, 0.05) is 20.1 Å². The summed E-state index contributed by atoms with van der Waals surface area (Å²) in [5.74, 6) is -0.424. The summed E-state index contributed by atoms with van der Waals surface area (Å²) in [6.45, 7) is 1.59. The van der Waals surface area contributed by atoms with E-state index in [4.69, 9.17) is 0 Å². The van der Waals surface area contributed by atoms with Crippen molar-refractivity contribution in [3.8, 4) is 0 Å². The van der Waals surface area contributed by atoms with Gasteiger partial charge in [0.1, 0.15) is 6.04 Å². The Morgan fingerprint density at radius 2 is 2.00 bits per heavy atom. The van der Waals surface area contributed by atoms with E-state index in [1.54, 1.807) is 6.92 Å². The molecule has 11 heteroatoms. The molecule has 1 aliphatic rings. The highest BCUT2D eigenvalue weighted by atomic mass is 32.2. The smallest absolute Gasteiger partial charge is 0.332 e. The van der Waals surface area contributed by atoms with Crippen LogP contribution in [0.5, 0.6) is 0 Å². The Morgan fingerprint density at radius 3 is 2.60 bits per heavy atom. The van der Waals surface area contributed by atoms with Crippen molar-refractivity contribution in [2.45, 2.75) is 25.4 Å². The van der Waals surface area contributed by atoms with Crippen LogP contribution in [0, 0.1) is 0 Å². The quantitative estimate of drug-likeness (QED) is 0.687. The van der Waals surface area contributed by atoms with Gasteiger partial charge in [-0.3, -0.25) is 18.7 Å². The molecule has 1 fully saturated rings. The number of aromatic nitrogens is 4. The summed E-state index contributed by atoms with van der Waals surface area (Å²) in [5.41, 5.74) is -0.711. The third kappa shape index (κ3) is 2.88. The molecule has 2 aromatic rings.